The highest BCUT2D eigenvalue weighted by Gasteiger charge is 2.35. The molecule has 124 valence electrons. The Bertz CT molecular complexity index is 786. The van der Waals surface area contributed by atoms with Crippen LogP contribution in [0.25, 0.3) is 0 Å². The molecule has 0 saturated carbocycles. The number of halogens is 1. The van der Waals surface area contributed by atoms with Crippen LogP contribution in [0.3, 0.4) is 0 Å². The number of carbonyl (C=O) groups is 2. The number of nitrogens with zero attached hydrogens (tertiary/aromatic N) is 1. The van der Waals surface area contributed by atoms with Crippen LogP contribution in [0.4, 0.5) is 15.8 Å². The molecule has 2 amide bonds. The molecule has 4 nitrogen and oxygen atoms in total. The normalized spacial score (nSPS) is 17.2. The Kier molecular flexibility index (Phi) is 4.34. The molecule has 1 atom stereocenters. The Morgan fingerprint density at radius 1 is 1.17 bits per heavy atom. The van der Waals surface area contributed by atoms with E-state index in [1.54, 1.807) is 4.90 Å². The summed E-state index contributed by atoms with van der Waals surface area (Å²) >= 11 is 0. The molecule has 24 heavy (non-hydrogen) atoms. The molecule has 0 spiro atoms. The summed E-state index contributed by atoms with van der Waals surface area (Å²) in [4.78, 5) is 26.4. The lowest BCUT2D eigenvalue weighted by Crippen LogP contribution is -2.28. The lowest BCUT2D eigenvalue weighted by molar-refractivity contribution is -0.122. The third-order valence-electron chi connectivity index (χ3n) is 4.25. The van der Waals surface area contributed by atoms with Crippen LogP contribution in [0.15, 0.2) is 42.5 Å². The maximum Gasteiger partial charge on any atom is 0.229 e. The fraction of sp³-hybridized carbons (Fsp3) is 0.263. The second kappa shape index (κ2) is 6.43. The molecule has 2 aromatic carbocycles. The van der Waals surface area contributed by atoms with Crippen molar-refractivity contribution in [1.29, 1.82) is 0 Å². The van der Waals surface area contributed by atoms with Gasteiger partial charge in [0, 0.05) is 24.3 Å². The van der Waals surface area contributed by atoms with Gasteiger partial charge in [0.2, 0.25) is 11.8 Å². The average molecular weight is 326 g/mol. The Morgan fingerprint density at radius 3 is 2.54 bits per heavy atom. The van der Waals surface area contributed by atoms with Crippen LogP contribution in [0.5, 0.6) is 0 Å². The smallest absolute Gasteiger partial charge is 0.229 e. The van der Waals surface area contributed by atoms with Crippen molar-refractivity contribution in [1.82, 2.24) is 0 Å². The van der Waals surface area contributed by atoms with Crippen LogP contribution in [0.2, 0.25) is 0 Å². The minimum absolute atomic E-state index is 0.0544. The van der Waals surface area contributed by atoms with Gasteiger partial charge >= 0.3 is 0 Å². The number of anilines is 2. The number of hydrogen-bond acceptors (Lipinski definition) is 2. The van der Waals surface area contributed by atoms with Crippen molar-refractivity contribution in [2.45, 2.75) is 20.3 Å². The topological polar surface area (TPSA) is 49.4 Å². The molecular formula is C19H19FN2O2. The maximum absolute atomic E-state index is 12.9. The van der Waals surface area contributed by atoms with Gasteiger partial charge in [-0.3, -0.25) is 9.59 Å². The molecule has 0 radical (unpaired) electrons. The second-order valence-electron chi connectivity index (χ2n) is 6.19. The van der Waals surface area contributed by atoms with Gasteiger partial charge in [-0.15, -0.1) is 0 Å². The summed E-state index contributed by atoms with van der Waals surface area (Å²) < 4.78 is 12.9. The van der Waals surface area contributed by atoms with E-state index in [1.165, 1.54) is 24.3 Å². The minimum Gasteiger partial charge on any atom is -0.326 e. The first-order valence-corrected chi connectivity index (χ1v) is 7.88. The summed E-state index contributed by atoms with van der Waals surface area (Å²) in [6.45, 7) is 4.32. The van der Waals surface area contributed by atoms with Gasteiger partial charge < -0.3 is 10.2 Å². The largest absolute Gasteiger partial charge is 0.326 e. The average Bonchev–Trinajstić information content (AvgIpc) is 2.91. The predicted octanol–water partition coefficient (Wildman–Crippen LogP) is 3.43. The molecule has 1 fully saturated rings. The molecule has 1 N–H and O–H groups in total. The molecule has 0 aromatic heterocycles. The number of amides is 2. The number of aryl methyl sites for hydroxylation is 2. The number of carbonyl (C=O) groups excluding carboxylic acids is 2. The van der Waals surface area contributed by atoms with Gasteiger partial charge in [-0.25, -0.2) is 4.39 Å². The molecule has 5 heteroatoms. The van der Waals surface area contributed by atoms with Crippen LogP contribution in [0, 0.1) is 25.6 Å². The molecule has 1 aliphatic rings. The first-order chi connectivity index (χ1) is 11.4. The highest BCUT2D eigenvalue weighted by Crippen LogP contribution is 2.29. The summed E-state index contributed by atoms with van der Waals surface area (Å²) in [5.41, 5.74) is 3.53. The second-order valence-corrected chi connectivity index (χ2v) is 6.19. The summed E-state index contributed by atoms with van der Waals surface area (Å²) in [5.74, 6) is -1.04. The molecule has 0 unspecified atom stereocenters. The number of nitrogens with one attached hydrogen (secondary N) is 1. The van der Waals surface area contributed by atoms with E-state index >= 15 is 0 Å². The van der Waals surface area contributed by atoms with Gasteiger partial charge in [0.05, 0.1) is 5.92 Å². The molecule has 0 aliphatic carbocycles. The zero-order valence-electron chi connectivity index (χ0n) is 13.7. The first-order valence-electron chi connectivity index (χ1n) is 7.88. The van der Waals surface area contributed by atoms with Crippen molar-refractivity contribution in [3.63, 3.8) is 0 Å². The van der Waals surface area contributed by atoms with E-state index in [0.717, 1.165) is 16.8 Å². The van der Waals surface area contributed by atoms with Crippen molar-refractivity contribution in [2.75, 3.05) is 16.8 Å². The Labute approximate surface area is 140 Å². The molecule has 2 aromatic rings. The monoisotopic (exact) mass is 326 g/mol. The van der Waals surface area contributed by atoms with Crippen molar-refractivity contribution in [2.24, 2.45) is 5.92 Å². The maximum atomic E-state index is 12.9. The van der Waals surface area contributed by atoms with Crippen LogP contribution in [-0.4, -0.2) is 18.4 Å². The summed E-state index contributed by atoms with van der Waals surface area (Å²) in [6, 6.07) is 11.5. The molecule has 1 heterocycles. The minimum atomic E-state index is -0.414. The van der Waals surface area contributed by atoms with Crippen molar-refractivity contribution in [3.05, 3.63) is 59.4 Å². The lowest BCUT2D eigenvalue weighted by Gasteiger charge is -2.19. The van der Waals surface area contributed by atoms with E-state index in [0.29, 0.717) is 12.2 Å². The van der Waals surface area contributed by atoms with Gasteiger partial charge in [-0.05, 0) is 49.7 Å². The fourth-order valence-corrected chi connectivity index (χ4v) is 3.00. The number of rotatable bonds is 3. The van der Waals surface area contributed by atoms with Crippen LogP contribution >= 0.6 is 0 Å². The lowest BCUT2D eigenvalue weighted by atomic mass is 10.1. The molecule has 1 saturated heterocycles. The van der Waals surface area contributed by atoms with Gasteiger partial charge in [0.25, 0.3) is 0 Å². The van der Waals surface area contributed by atoms with Gasteiger partial charge in [0.1, 0.15) is 5.82 Å². The predicted molar refractivity (Wildman–Crippen MR) is 91.4 cm³/mol. The first kappa shape index (κ1) is 16.2. The van der Waals surface area contributed by atoms with Crippen molar-refractivity contribution in [3.8, 4) is 0 Å². The Morgan fingerprint density at radius 2 is 1.88 bits per heavy atom. The zero-order chi connectivity index (χ0) is 17.3. The summed E-state index contributed by atoms with van der Waals surface area (Å²) in [6.07, 6.45) is 0.181. The van der Waals surface area contributed by atoms with E-state index in [9.17, 15) is 14.0 Å². The number of hydrogen-bond donors (Lipinski definition) is 1. The van der Waals surface area contributed by atoms with Gasteiger partial charge in [0.15, 0.2) is 0 Å². The van der Waals surface area contributed by atoms with Crippen LogP contribution in [0.1, 0.15) is 17.5 Å². The van der Waals surface area contributed by atoms with E-state index in [2.05, 4.69) is 5.32 Å². The highest BCUT2D eigenvalue weighted by molar-refractivity contribution is 6.03. The third kappa shape index (κ3) is 3.30. The van der Waals surface area contributed by atoms with Gasteiger partial charge in [-0.2, -0.15) is 0 Å². The molecule has 1 aliphatic heterocycles. The fourth-order valence-electron chi connectivity index (χ4n) is 3.00. The van der Waals surface area contributed by atoms with Crippen molar-refractivity contribution >= 4 is 23.2 Å². The van der Waals surface area contributed by atoms with Gasteiger partial charge in [-0.1, -0.05) is 17.7 Å². The molecule has 0 bridgehead atoms. The van der Waals surface area contributed by atoms with E-state index in [4.69, 9.17) is 0 Å². The van der Waals surface area contributed by atoms with E-state index < -0.39 is 5.92 Å². The van der Waals surface area contributed by atoms with Crippen molar-refractivity contribution < 1.29 is 14.0 Å². The quantitative estimate of drug-likeness (QED) is 0.939. The van der Waals surface area contributed by atoms with E-state index in [1.807, 2.05) is 32.0 Å². The SMILES string of the molecule is Cc1ccc(N2C[C@H](C(=O)Nc3ccc(F)cc3)CC2=O)c(C)c1. The zero-order valence-corrected chi connectivity index (χ0v) is 13.7. The third-order valence-corrected chi connectivity index (χ3v) is 4.25. The number of benzene rings is 2. The summed E-state index contributed by atoms with van der Waals surface area (Å²) in [7, 11) is 0. The van der Waals surface area contributed by atoms with Crippen LogP contribution in [-0.2, 0) is 9.59 Å². The summed E-state index contributed by atoms with van der Waals surface area (Å²) in [5, 5.41) is 2.74. The van der Waals surface area contributed by atoms with E-state index in [-0.39, 0.29) is 24.1 Å². The standard InChI is InChI=1S/C19H19FN2O2/c1-12-3-8-17(13(2)9-12)22-11-14(10-18(22)23)19(24)21-16-6-4-15(20)5-7-16/h3-9,14H,10-11H2,1-2H3,(H,21,24)/t14-/m1/s1. The molecular weight excluding hydrogens is 307 g/mol. The van der Waals surface area contributed by atoms with Crippen LogP contribution < -0.4 is 10.2 Å². The Hall–Kier alpha value is -2.69. The Balaban J connectivity index is 1.72. The molecule has 3 rings (SSSR count). The highest BCUT2D eigenvalue weighted by atomic mass is 19.1.